The molecule has 80 valence electrons. The summed E-state index contributed by atoms with van der Waals surface area (Å²) in [5.74, 6) is -0.188. The highest BCUT2D eigenvalue weighted by Crippen LogP contribution is 2.09. The van der Waals surface area contributed by atoms with E-state index in [4.69, 9.17) is 9.47 Å². The topological polar surface area (TPSA) is 38.8 Å². The molecule has 0 N–H and O–H groups in total. The van der Waals surface area contributed by atoms with Gasteiger partial charge in [-0.1, -0.05) is 6.08 Å². The number of nitrogens with zero attached hydrogens (tertiary/aromatic N) is 1. The fourth-order valence-corrected chi connectivity index (χ4v) is 1.58. The lowest BCUT2D eigenvalue weighted by Gasteiger charge is -2.32. The molecular weight excluding hydrogens is 182 g/mol. The van der Waals surface area contributed by atoms with Gasteiger partial charge in [0.15, 0.2) is 0 Å². The summed E-state index contributed by atoms with van der Waals surface area (Å²) in [6.07, 6.45) is 2.38. The van der Waals surface area contributed by atoms with Crippen LogP contribution < -0.4 is 0 Å². The molecule has 1 fully saturated rings. The second kappa shape index (κ2) is 5.78. The Morgan fingerprint density at radius 1 is 1.64 bits per heavy atom. The van der Waals surface area contributed by atoms with Crippen molar-refractivity contribution in [2.45, 2.75) is 12.5 Å². The molecular formula is C10H17NO3. The van der Waals surface area contributed by atoms with Crippen LogP contribution in [-0.4, -0.2) is 50.3 Å². The van der Waals surface area contributed by atoms with Gasteiger partial charge in [0.05, 0.1) is 20.3 Å². The second-order valence-corrected chi connectivity index (χ2v) is 3.21. The standard InChI is InChI=1S/C10H17NO3/c1-3-4-9(10(12)13-2)11-5-7-14-8-6-11/h3,9H,1,4-8H2,2H3/t9-/m0/s1. The number of hydrogen-bond donors (Lipinski definition) is 0. The van der Waals surface area contributed by atoms with Crippen LogP contribution in [-0.2, 0) is 14.3 Å². The molecule has 1 aliphatic rings. The van der Waals surface area contributed by atoms with Crippen molar-refractivity contribution in [3.05, 3.63) is 12.7 Å². The van der Waals surface area contributed by atoms with Gasteiger partial charge < -0.3 is 9.47 Å². The average molecular weight is 199 g/mol. The quantitative estimate of drug-likeness (QED) is 0.486. The molecule has 1 heterocycles. The van der Waals surface area contributed by atoms with Crippen LogP contribution in [0.15, 0.2) is 12.7 Å². The first-order valence-corrected chi connectivity index (χ1v) is 4.80. The van der Waals surface area contributed by atoms with E-state index in [2.05, 4.69) is 11.5 Å². The molecule has 1 atom stereocenters. The van der Waals surface area contributed by atoms with Gasteiger partial charge in [0.2, 0.25) is 0 Å². The summed E-state index contributed by atoms with van der Waals surface area (Å²) in [6.45, 7) is 6.59. The number of esters is 1. The van der Waals surface area contributed by atoms with Crippen molar-refractivity contribution < 1.29 is 14.3 Å². The Bertz CT molecular complexity index is 200. The molecule has 1 aliphatic heterocycles. The summed E-state index contributed by atoms with van der Waals surface area (Å²) in [7, 11) is 1.42. The molecule has 14 heavy (non-hydrogen) atoms. The smallest absolute Gasteiger partial charge is 0.323 e. The van der Waals surface area contributed by atoms with E-state index in [9.17, 15) is 4.79 Å². The lowest BCUT2D eigenvalue weighted by molar-refractivity contribution is -0.148. The number of methoxy groups -OCH3 is 1. The molecule has 0 saturated carbocycles. The Labute approximate surface area is 84.5 Å². The van der Waals surface area contributed by atoms with E-state index in [0.717, 1.165) is 13.1 Å². The first kappa shape index (κ1) is 11.2. The summed E-state index contributed by atoms with van der Waals surface area (Å²) >= 11 is 0. The summed E-state index contributed by atoms with van der Waals surface area (Å²) in [4.78, 5) is 13.5. The van der Waals surface area contributed by atoms with Crippen molar-refractivity contribution in [3.63, 3.8) is 0 Å². The summed E-state index contributed by atoms with van der Waals surface area (Å²) in [5.41, 5.74) is 0. The number of ether oxygens (including phenoxy) is 2. The van der Waals surface area contributed by atoms with E-state index in [-0.39, 0.29) is 12.0 Å². The molecule has 0 unspecified atom stereocenters. The predicted molar refractivity (Wildman–Crippen MR) is 53.0 cm³/mol. The molecule has 0 amide bonds. The highest BCUT2D eigenvalue weighted by molar-refractivity contribution is 5.75. The van der Waals surface area contributed by atoms with Gasteiger partial charge in [-0.3, -0.25) is 9.69 Å². The van der Waals surface area contributed by atoms with Gasteiger partial charge in [-0.2, -0.15) is 0 Å². The number of hydrogen-bond acceptors (Lipinski definition) is 4. The number of carbonyl (C=O) groups is 1. The largest absolute Gasteiger partial charge is 0.468 e. The predicted octanol–water partition coefficient (Wildman–Crippen LogP) is 0.436. The number of carbonyl (C=O) groups excluding carboxylic acids is 1. The fourth-order valence-electron chi connectivity index (χ4n) is 1.58. The summed E-state index contributed by atoms with van der Waals surface area (Å²) in [6, 6.07) is -0.193. The third-order valence-corrected chi connectivity index (χ3v) is 2.35. The van der Waals surface area contributed by atoms with Crippen molar-refractivity contribution in [1.82, 2.24) is 4.90 Å². The molecule has 0 aromatic heterocycles. The zero-order valence-electron chi connectivity index (χ0n) is 8.57. The molecule has 0 radical (unpaired) electrons. The molecule has 1 saturated heterocycles. The minimum Gasteiger partial charge on any atom is -0.468 e. The van der Waals surface area contributed by atoms with Crippen LogP contribution in [0.1, 0.15) is 6.42 Å². The first-order valence-electron chi connectivity index (χ1n) is 4.80. The molecule has 0 aromatic carbocycles. The maximum absolute atomic E-state index is 11.4. The van der Waals surface area contributed by atoms with Gasteiger partial charge in [-0.15, -0.1) is 6.58 Å². The first-order chi connectivity index (χ1) is 6.79. The zero-order chi connectivity index (χ0) is 10.4. The van der Waals surface area contributed by atoms with Gasteiger partial charge in [-0.25, -0.2) is 0 Å². The highest BCUT2D eigenvalue weighted by Gasteiger charge is 2.26. The van der Waals surface area contributed by atoms with Crippen molar-refractivity contribution >= 4 is 5.97 Å². The number of morpholine rings is 1. The maximum atomic E-state index is 11.4. The third kappa shape index (κ3) is 2.82. The molecule has 4 nitrogen and oxygen atoms in total. The van der Waals surface area contributed by atoms with Gasteiger partial charge in [-0.05, 0) is 6.42 Å². The molecule has 4 heteroatoms. The monoisotopic (exact) mass is 199 g/mol. The van der Waals surface area contributed by atoms with Crippen LogP contribution in [0.5, 0.6) is 0 Å². The molecule has 1 rings (SSSR count). The van der Waals surface area contributed by atoms with E-state index in [1.165, 1.54) is 7.11 Å². The van der Waals surface area contributed by atoms with Crippen LogP contribution in [0.2, 0.25) is 0 Å². The summed E-state index contributed by atoms with van der Waals surface area (Å²) in [5, 5.41) is 0. The SMILES string of the molecule is C=CC[C@@H](C(=O)OC)N1CCOCC1. The van der Waals surface area contributed by atoms with E-state index in [1.807, 2.05) is 0 Å². The minimum absolute atomic E-state index is 0.188. The Kier molecular flexibility index (Phi) is 4.62. The zero-order valence-corrected chi connectivity index (χ0v) is 8.57. The van der Waals surface area contributed by atoms with Gasteiger partial charge >= 0.3 is 5.97 Å². The van der Waals surface area contributed by atoms with Crippen LogP contribution in [0.4, 0.5) is 0 Å². The van der Waals surface area contributed by atoms with Crippen molar-refractivity contribution in [3.8, 4) is 0 Å². The van der Waals surface area contributed by atoms with Crippen LogP contribution >= 0.6 is 0 Å². The second-order valence-electron chi connectivity index (χ2n) is 3.21. The van der Waals surface area contributed by atoms with Gasteiger partial charge in [0.1, 0.15) is 6.04 Å². The van der Waals surface area contributed by atoms with E-state index < -0.39 is 0 Å². The van der Waals surface area contributed by atoms with Crippen molar-refractivity contribution in [1.29, 1.82) is 0 Å². The van der Waals surface area contributed by atoms with Crippen LogP contribution in [0.25, 0.3) is 0 Å². The van der Waals surface area contributed by atoms with E-state index in [0.29, 0.717) is 19.6 Å². The highest BCUT2D eigenvalue weighted by atomic mass is 16.5. The lowest BCUT2D eigenvalue weighted by Crippen LogP contribution is -2.47. The molecule has 0 bridgehead atoms. The molecule has 0 spiro atoms. The molecule has 0 aliphatic carbocycles. The van der Waals surface area contributed by atoms with Gasteiger partial charge in [0, 0.05) is 13.1 Å². The van der Waals surface area contributed by atoms with Crippen LogP contribution in [0, 0.1) is 0 Å². The third-order valence-electron chi connectivity index (χ3n) is 2.35. The molecule has 0 aromatic rings. The van der Waals surface area contributed by atoms with Crippen molar-refractivity contribution in [2.24, 2.45) is 0 Å². The average Bonchev–Trinajstić information content (AvgIpc) is 2.26. The number of rotatable bonds is 4. The Morgan fingerprint density at radius 2 is 2.29 bits per heavy atom. The van der Waals surface area contributed by atoms with Gasteiger partial charge in [0.25, 0.3) is 0 Å². The Morgan fingerprint density at radius 3 is 2.79 bits per heavy atom. The summed E-state index contributed by atoms with van der Waals surface area (Å²) < 4.78 is 9.97. The minimum atomic E-state index is -0.193. The fraction of sp³-hybridized carbons (Fsp3) is 0.700. The van der Waals surface area contributed by atoms with E-state index in [1.54, 1.807) is 6.08 Å². The normalized spacial score (nSPS) is 20.1. The van der Waals surface area contributed by atoms with Crippen LogP contribution in [0.3, 0.4) is 0 Å². The Hall–Kier alpha value is -0.870. The van der Waals surface area contributed by atoms with E-state index >= 15 is 0 Å². The maximum Gasteiger partial charge on any atom is 0.323 e. The Balaban J connectivity index is 2.55. The lowest BCUT2D eigenvalue weighted by atomic mass is 10.1. The van der Waals surface area contributed by atoms with Crippen molar-refractivity contribution in [2.75, 3.05) is 33.4 Å².